The summed E-state index contributed by atoms with van der Waals surface area (Å²) in [6.45, 7) is 1.82. The van der Waals surface area contributed by atoms with Crippen LogP contribution in [-0.4, -0.2) is 37.1 Å². The summed E-state index contributed by atoms with van der Waals surface area (Å²) in [7, 11) is 1.89. The van der Waals surface area contributed by atoms with Gasteiger partial charge in [0.1, 0.15) is 0 Å². The first-order chi connectivity index (χ1) is 6.27. The van der Waals surface area contributed by atoms with Crippen LogP contribution in [0.15, 0.2) is 0 Å². The number of carbonyl (C=O) groups excluding carboxylic acids is 1. The van der Waals surface area contributed by atoms with Crippen LogP contribution in [0.1, 0.15) is 25.7 Å². The van der Waals surface area contributed by atoms with Gasteiger partial charge in [-0.15, -0.1) is 0 Å². The highest BCUT2D eigenvalue weighted by atomic mass is 16.5. The van der Waals surface area contributed by atoms with E-state index in [0.29, 0.717) is 12.0 Å². The number of likely N-dealkylation sites (tertiary alicyclic amines) is 1. The highest BCUT2D eigenvalue weighted by Crippen LogP contribution is 2.26. The molecule has 0 radical (unpaired) electrons. The predicted octanol–water partition coefficient (Wildman–Crippen LogP) is 1.03. The molecular formula is C10H17NO2. The van der Waals surface area contributed by atoms with Crippen LogP contribution < -0.4 is 0 Å². The second-order valence-electron chi connectivity index (χ2n) is 4.12. The number of nitrogens with zero attached hydrogens (tertiary/aromatic N) is 1. The van der Waals surface area contributed by atoms with Crippen LogP contribution in [0.4, 0.5) is 0 Å². The number of carbonyl (C=O) groups is 1. The predicted molar refractivity (Wildman–Crippen MR) is 49.3 cm³/mol. The van der Waals surface area contributed by atoms with Crippen LogP contribution >= 0.6 is 0 Å². The Bertz CT molecular complexity index is 199. The standard InChI is InChI=1S/C10H17NO2/c1-11-5-4-8(10(11)12)7-9-3-2-6-13-9/h8-9H,2-7H2,1H3. The largest absolute Gasteiger partial charge is 0.378 e. The zero-order chi connectivity index (χ0) is 9.26. The highest BCUT2D eigenvalue weighted by Gasteiger charge is 2.32. The summed E-state index contributed by atoms with van der Waals surface area (Å²) in [5.74, 6) is 0.559. The Labute approximate surface area is 79.0 Å². The SMILES string of the molecule is CN1CCC(CC2CCCO2)C1=O. The Hall–Kier alpha value is -0.570. The van der Waals surface area contributed by atoms with E-state index >= 15 is 0 Å². The Kier molecular flexibility index (Phi) is 2.54. The third kappa shape index (κ3) is 1.85. The Balaban J connectivity index is 1.84. The van der Waals surface area contributed by atoms with Crippen molar-refractivity contribution in [2.45, 2.75) is 31.8 Å². The Morgan fingerprint density at radius 1 is 1.54 bits per heavy atom. The van der Waals surface area contributed by atoms with E-state index in [2.05, 4.69) is 0 Å². The van der Waals surface area contributed by atoms with E-state index in [0.717, 1.165) is 32.4 Å². The first-order valence-corrected chi connectivity index (χ1v) is 5.14. The van der Waals surface area contributed by atoms with E-state index in [-0.39, 0.29) is 5.92 Å². The fraction of sp³-hybridized carbons (Fsp3) is 0.900. The van der Waals surface area contributed by atoms with Gasteiger partial charge in [-0.25, -0.2) is 0 Å². The van der Waals surface area contributed by atoms with E-state index < -0.39 is 0 Å². The van der Waals surface area contributed by atoms with Crippen LogP contribution in [0.5, 0.6) is 0 Å². The molecule has 2 saturated heterocycles. The lowest BCUT2D eigenvalue weighted by Crippen LogP contribution is -2.24. The Morgan fingerprint density at radius 2 is 2.38 bits per heavy atom. The van der Waals surface area contributed by atoms with Gasteiger partial charge in [0.25, 0.3) is 0 Å². The molecule has 0 saturated carbocycles. The quantitative estimate of drug-likeness (QED) is 0.640. The molecule has 3 nitrogen and oxygen atoms in total. The molecule has 2 aliphatic rings. The molecule has 0 aromatic carbocycles. The molecule has 2 rings (SSSR count). The van der Waals surface area contributed by atoms with Crippen molar-refractivity contribution in [1.82, 2.24) is 4.90 Å². The average molecular weight is 183 g/mol. The van der Waals surface area contributed by atoms with Gasteiger partial charge in [0, 0.05) is 26.1 Å². The van der Waals surface area contributed by atoms with Gasteiger partial charge < -0.3 is 9.64 Å². The molecule has 74 valence electrons. The smallest absolute Gasteiger partial charge is 0.225 e. The molecular weight excluding hydrogens is 166 g/mol. The minimum atomic E-state index is 0.244. The zero-order valence-electron chi connectivity index (χ0n) is 8.16. The molecule has 1 amide bonds. The second-order valence-corrected chi connectivity index (χ2v) is 4.12. The Morgan fingerprint density at radius 3 is 2.92 bits per heavy atom. The average Bonchev–Trinajstić information content (AvgIpc) is 2.71. The van der Waals surface area contributed by atoms with E-state index in [1.807, 2.05) is 11.9 Å². The maximum atomic E-state index is 11.6. The van der Waals surface area contributed by atoms with Crippen molar-refractivity contribution in [2.75, 3.05) is 20.2 Å². The van der Waals surface area contributed by atoms with Gasteiger partial charge in [0.15, 0.2) is 0 Å². The van der Waals surface area contributed by atoms with Crippen molar-refractivity contribution in [2.24, 2.45) is 5.92 Å². The molecule has 2 heterocycles. The van der Waals surface area contributed by atoms with Crippen LogP contribution in [-0.2, 0) is 9.53 Å². The van der Waals surface area contributed by atoms with Crippen molar-refractivity contribution >= 4 is 5.91 Å². The number of ether oxygens (including phenoxy) is 1. The van der Waals surface area contributed by atoms with Crippen LogP contribution in [0, 0.1) is 5.92 Å². The maximum absolute atomic E-state index is 11.6. The molecule has 0 aromatic heterocycles. The van der Waals surface area contributed by atoms with Gasteiger partial charge >= 0.3 is 0 Å². The van der Waals surface area contributed by atoms with Crippen LogP contribution in [0.3, 0.4) is 0 Å². The monoisotopic (exact) mass is 183 g/mol. The van der Waals surface area contributed by atoms with Crippen molar-refractivity contribution in [3.8, 4) is 0 Å². The minimum Gasteiger partial charge on any atom is -0.378 e. The number of amides is 1. The molecule has 2 atom stereocenters. The molecule has 2 unspecified atom stereocenters. The van der Waals surface area contributed by atoms with Crippen molar-refractivity contribution in [3.05, 3.63) is 0 Å². The fourth-order valence-electron chi connectivity index (χ4n) is 2.26. The van der Waals surface area contributed by atoms with Crippen molar-refractivity contribution < 1.29 is 9.53 Å². The second kappa shape index (κ2) is 3.66. The number of rotatable bonds is 2. The van der Waals surface area contributed by atoms with Gasteiger partial charge in [0.2, 0.25) is 5.91 Å². The molecule has 0 N–H and O–H groups in total. The summed E-state index contributed by atoms with van der Waals surface area (Å²) < 4.78 is 5.53. The number of hydrogen-bond acceptors (Lipinski definition) is 2. The topological polar surface area (TPSA) is 29.5 Å². The van der Waals surface area contributed by atoms with Crippen molar-refractivity contribution in [3.63, 3.8) is 0 Å². The lowest BCUT2D eigenvalue weighted by Gasteiger charge is -2.14. The van der Waals surface area contributed by atoms with E-state index in [9.17, 15) is 4.79 Å². The molecule has 0 bridgehead atoms. The number of hydrogen-bond donors (Lipinski definition) is 0. The summed E-state index contributed by atoms with van der Waals surface area (Å²) in [5, 5.41) is 0. The van der Waals surface area contributed by atoms with Gasteiger partial charge in [-0.2, -0.15) is 0 Å². The van der Waals surface area contributed by atoms with E-state index in [1.54, 1.807) is 0 Å². The third-order valence-corrected chi connectivity index (χ3v) is 3.11. The molecule has 0 aromatic rings. The first-order valence-electron chi connectivity index (χ1n) is 5.14. The highest BCUT2D eigenvalue weighted by molar-refractivity contribution is 5.80. The third-order valence-electron chi connectivity index (χ3n) is 3.11. The summed E-state index contributed by atoms with van der Waals surface area (Å²) in [6.07, 6.45) is 4.65. The van der Waals surface area contributed by atoms with Gasteiger partial charge in [-0.1, -0.05) is 0 Å². The first kappa shape index (κ1) is 9.00. The van der Waals surface area contributed by atoms with Crippen LogP contribution in [0.25, 0.3) is 0 Å². The summed E-state index contributed by atoms with van der Waals surface area (Å²) >= 11 is 0. The van der Waals surface area contributed by atoms with Gasteiger partial charge in [-0.05, 0) is 25.7 Å². The summed E-state index contributed by atoms with van der Waals surface area (Å²) in [4.78, 5) is 13.4. The molecule has 2 fully saturated rings. The fourth-order valence-corrected chi connectivity index (χ4v) is 2.26. The molecule has 0 spiro atoms. The van der Waals surface area contributed by atoms with Crippen molar-refractivity contribution in [1.29, 1.82) is 0 Å². The molecule has 0 aliphatic carbocycles. The normalized spacial score (nSPS) is 34.5. The lowest BCUT2D eigenvalue weighted by molar-refractivity contribution is -0.130. The van der Waals surface area contributed by atoms with Crippen LogP contribution in [0.2, 0.25) is 0 Å². The molecule has 3 heteroatoms. The summed E-state index contributed by atoms with van der Waals surface area (Å²) in [6, 6.07) is 0. The molecule has 2 aliphatic heterocycles. The minimum absolute atomic E-state index is 0.244. The summed E-state index contributed by atoms with van der Waals surface area (Å²) in [5.41, 5.74) is 0. The van der Waals surface area contributed by atoms with E-state index in [1.165, 1.54) is 6.42 Å². The lowest BCUT2D eigenvalue weighted by atomic mass is 9.99. The maximum Gasteiger partial charge on any atom is 0.225 e. The van der Waals surface area contributed by atoms with Gasteiger partial charge in [0.05, 0.1) is 6.10 Å². The van der Waals surface area contributed by atoms with E-state index in [4.69, 9.17) is 4.74 Å². The molecule has 13 heavy (non-hydrogen) atoms. The van der Waals surface area contributed by atoms with Gasteiger partial charge in [-0.3, -0.25) is 4.79 Å². The zero-order valence-corrected chi connectivity index (χ0v) is 8.16.